The van der Waals surface area contributed by atoms with Gasteiger partial charge in [0.1, 0.15) is 11.5 Å². The molecule has 0 saturated heterocycles. The maximum absolute atomic E-state index is 12.0. The van der Waals surface area contributed by atoms with Gasteiger partial charge in [-0.1, -0.05) is 47.9 Å². The number of ether oxygens (including phenoxy) is 2. The van der Waals surface area contributed by atoms with Gasteiger partial charge in [-0.2, -0.15) is 0 Å². The number of para-hydroxylation sites is 2. The molecule has 4 aromatic rings. The summed E-state index contributed by atoms with van der Waals surface area (Å²) in [6, 6.07) is 21.7. The molecule has 4 rings (SSSR count). The predicted octanol–water partition coefficient (Wildman–Crippen LogP) is -5.39. The van der Waals surface area contributed by atoms with Crippen molar-refractivity contribution < 1.29 is 166 Å². The molecule has 20 nitrogen and oxygen atoms in total. The van der Waals surface area contributed by atoms with E-state index in [1.165, 1.54) is 0 Å². The molecular formula is C38H42ClN4O16TbZn2. The minimum atomic E-state index is -4.94. The van der Waals surface area contributed by atoms with Gasteiger partial charge in [-0.3, -0.25) is 20.0 Å². The third kappa shape index (κ3) is 50.2. The zero-order chi connectivity index (χ0) is 45.8. The summed E-state index contributed by atoms with van der Waals surface area (Å²) in [7, 11) is -4.94. The summed E-state index contributed by atoms with van der Waals surface area (Å²) in [5.74, 6) is -3.86. The normalized spacial score (nSPS) is 9.19. The van der Waals surface area contributed by atoms with Gasteiger partial charge in [0.15, 0.2) is 0 Å². The van der Waals surface area contributed by atoms with Crippen molar-refractivity contribution in [3.63, 3.8) is 0 Å². The van der Waals surface area contributed by atoms with Crippen LogP contribution < -0.4 is 58.7 Å². The molecule has 2 heterocycles. The largest absolute Gasteiger partial charge is 3.00 e. The van der Waals surface area contributed by atoms with Crippen molar-refractivity contribution in [2.75, 3.05) is 13.2 Å². The van der Waals surface area contributed by atoms with Gasteiger partial charge in [0.05, 0.1) is 37.7 Å². The number of rotatable bonds is 10. The molecule has 0 aliphatic heterocycles. The van der Waals surface area contributed by atoms with Crippen LogP contribution in [0.3, 0.4) is 0 Å². The Hall–Kier alpha value is -4.18. The van der Waals surface area contributed by atoms with Crippen LogP contribution >= 0.6 is 0 Å². The number of carbonyl (C=O) groups is 4. The van der Waals surface area contributed by atoms with Crippen LogP contribution in [0.2, 0.25) is 0 Å². The van der Waals surface area contributed by atoms with Gasteiger partial charge >= 0.3 is 77.6 Å². The standard InChI is InChI=1S/2C15H16N2O2.4C2H4O2.ClHO4.Tb.2Zn/c2*1-2-19-14-8-5-6-12(15(14)18)10-16-11-13-7-3-4-9-17-13;4*1-2(3)4;2-1(3,4)5;;;/h2*3-10,18H,2,11H2,1H3;4*1H3,(H,3,4);(H,2,3,4,5);;;/q;;;;;;;+3;2*+2/p-7. The number of hydrogen-bond donors (Lipinski definition) is 0. The first kappa shape index (κ1) is 69.5. The molecule has 0 aliphatic rings. The number of aromatic nitrogens is 2. The molecule has 0 bridgehead atoms. The molecule has 2 aromatic carbocycles. The van der Waals surface area contributed by atoms with E-state index in [1.807, 2.05) is 50.2 Å². The molecular weight excluding hydrogens is 1090 g/mol. The van der Waals surface area contributed by atoms with Gasteiger partial charge < -0.3 is 59.3 Å². The zero-order valence-electron chi connectivity index (χ0n) is 34.5. The summed E-state index contributed by atoms with van der Waals surface area (Å²) in [6.07, 6.45) is 6.58. The molecule has 0 unspecified atom stereocenters. The van der Waals surface area contributed by atoms with Crippen molar-refractivity contribution in [2.45, 2.75) is 54.6 Å². The summed E-state index contributed by atoms with van der Waals surface area (Å²) in [5, 5.41) is 59.5. The van der Waals surface area contributed by atoms with Crippen LogP contribution in [-0.2, 0) is 71.2 Å². The average Bonchev–Trinajstić information content (AvgIpc) is 3.11. The number of carboxylic acids is 4. The number of carboxylic acid groups (broad SMARTS) is 4. The number of aliphatic carboxylic acids is 4. The number of nitrogens with zero attached hydrogens (tertiary/aromatic N) is 4. The molecule has 62 heavy (non-hydrogen) atoms. The topological polar surface area (TPSA) is 368 Å². The Morgan fingerprint density at radius 3 is 1.06 bits per heavy atom. The Bertz CT molecular complexity index is 1670. The number of pyridine rings is 2. The molecule has 0 aliphatic carbocycles. The van der Waals surface area contributed by atoms with Gasteiger partial charge in [0, 0.05) is 48.7 Å². The van der Waals surface area contributed by atoms with Crippen LogP contribution in [-0.4, -0.2) is 59.5 Å². The van der Waals surface area contributed by atoms with Crippen molar-refractivity contribution in [1.82, 2.24) is 9.97 Å². The summed E-state index contributed by atoms with van der Waals surface area (Å²) in [5.41, 5.74) is 2.79. The fourth-order valence-corrected chi connectivity index (χ4v) is 3.27. The number of benzene rings is 2. The Balaban J connectivity index is -0.000000169. The minimum absolute atomic E-state index is 0. The first-order valence-electron chi connectivity index (χ1n) is 16.5. The van der Waals surface area contributed by atoms with E-state index in [-0.39, 0.29) is 89.1 Å². The monoisotopic (exact) mass is 1130 g/mol. The zero-order valence-corrected chi connectivity index (χ0v) is 43.3. The minimum Gasteiger partial charge on any atom is -0.870 e. The smallest absolute Gasteiger partial charge is 0.870 e. The van der Waals surface area contributed by atoms with Crippen LogP contribution in [0.1, 0.15) is 64.1 Å². The van der Waals surface area contributed by atoms with Gasteiger partial charge in [0.25, 0.3) is 0 Å². The molecule has 330 valence electrons. The molecule has 0 N–H and O–H groups in total. The van der Waals surface area contributed by atoms with Gasteiger partial charge in [-0.05, 0) is 89.1 Å². The third-order valence-electron chi connectivity index (χ3n) is 5.04. The van der Waals surface area contributed by atoms with Gasteiger partial charge in [-0.25, -0.2) is 18.6 Å². The van der Waals surface area contributed by atoms with E-state index in [2.05, 4.69) is 20.0 Å². The third-order valence-corrected chi connectivity index (χ3v) is 5.04. The number of halogens is 1. The van der Waals surface area contributed by atoms with E-state index in [1.54, 1.807) is 61.2 Å². The predicted molar refractivity (Wildman–Crippen MR) is 188 cm³/mol. The van der Waals surface area contributed by atoms with Crippen molar-refractivity contribution in [2.24, 2.45) is 9.98 Å². The van der Waals surface area contributed by atoms with Crippen LogP contribution in [0.5, 0.6) is 23.0 Å². The molecule has 0 spiro atoms. The average molecular weight is 1140 g/mol. The second-order valence-corrected chi connectivity index (χ2v) is 10.9. The van der Waals surface area contributed by atoms with E-state index >= 15 is 0 Å². The molecule has 0 radical (unpaired) electrons. The first-order valence-corrected chi connectivity index (χ1v) is 17.8. The molecule has 0 atom stereocenters. The molecule has 24 heteroatoms. The van der Waals surface area contributed by atoms with Crippen LogP contribution in [0.15, 0.2) is 95.2 Å². The maximum Gasteiger partial charge on any atom is 3.00 e. The second kappa shape index (κ2) is 43.5. The van der Waals surface area contributed by atoms with Crippen molar-refractivity contribution in [3.05, 3.63) is 108 Å². The van der Waals surface area contributed by atoms with Gasteiger partial charge in [-0.15, -0.1) is 10.2 Å². The number of carbonyl (C=O) groups excluding carboxylic acids is 4. The van der Waals surface area contributed by atoms with E-state index in [0.717, 1.165) is 39.1 Å². The SMILES string of the molecule is CC(=O)[O-].CC(=O)[O-].CC(=O)[O-].CC(=O)[O-].CCOc1cccc(C=NCc2ccccn2)c1[O-].CCOc1cccc(C=NCc2ccccn2)c1[O-].[O-][Cl+3]([O-])([O-])[O-].[Tb+3].[Zn+2].[Zn+2]. The molecule has 2 aromatic heterocycles. The summed E-state index contributed by atoms with van der Waals surface area (Å²) in [6.45, 7) is 9.45. The van der Waals surface area contributed by atoms with Crippen LogP contribution in [0.4, 0.5) is 0 Å². The Morgan fingerprint density at radius 2 is 0.839 bits per heavy atom. The van der Waals surface area contributed by atoms with Crippen LogP contribution in [0.25, 0.3) is 0 Å². The summed E-state index contributed by atoms with van der Waals surface area (Å²) in [4.78, 5) is 52.3. The van der Waals surface area contributed by atoms with E-state index < -0.39 is 34.1 Å². The summed E-state index contributed by atoms with van der Waals surface area (Å²) >= 11 is 0. The fourth-order valence-electron chi connectivity index (χ4n) is 3.27. The number of hydrogen-bond acceptors (Lipinski definition) is 20. The fraction of sp³-hybridized carbons (Fsp3) is 0.263. The van der Waals surface area contributed by atoms with E-state index in [9.17, 15) is 10.2 Å². The molecule has 0 amide bonds. The van der Waals surface area contributed by atoms with Crippen molar-refractivity contribution >= 4 is 36.3 Å². The Labute approximate surface area is 417 Å². The maximum atomic E-state index is 12.0. The van der Waals surface area contributed by atoms with E-state index in [0.29, 0.717) is 48.9 Å². The van der Waals surface area contributed by atoms with Crippen LogP contribution in [0, 0.1) is 48.9 Å². The molecule has 0 fully saturated rings. The Morgan fingerprint density at radius 1 is 0.565 bits per heavy atom. The van der Waals surface area contributed by atoms with Crippen molar-refractivity contribution in [1.29, 1.82) is 0 Å². The molecule has 0 saturated carbocycles. The second-order valence-electron chi connectivity index (χ2n) is 10.1. The Kier molecular flexibility index (Phi) is 48.7. The quantitative estimate of drug-likeness (QED) is 0.106. The van der Waals surface area contributed by atoms with E-state index in [4.69, 9.17) is 67.7 Å². The van der Waals surface area contributed by atoms with Crippen molar-refractivity contribution in [3.8, 4) is 23.0 Å². The summed E-state index contributed by atoms with van der Waals surface area (Å²) < 4.78 is 44.5. The van der Waals surface area contributed by atoms with Gasteiger partial charge in [0.2, 0.25) is 0 Å². The number of aliphatic imine (C=N–C) groups is 2. The first-order chi connectivity index (χ1) is 27.5.